The fourth-order valence-electron chi connectivity index (χ4n) is 4.85. The summed E-state index contributed by atoms with van der Waals surface area (Å²) >= 11 is 0. The third-order valence-electron chi connectivity index (χ3n) is 6.84. The molecule has 5 nitrogen and oxygen atoms in total. The van der Waals surface area contributed by atoms with Crippen LogP contribution in [0.3, 0.4) is 0 Å². The number of nitrogens with one attached hydrogen (secondary N) is 1. The Labute approximate surface area is 195 Å². The van der Waals surface area contributed by atoms with Crippen molar-refractivity contribution in [3.8, 4) is 0 Å². The average molecular weight is 476 g/mol. The van der Waals surface area contributed by atoms with Gasteiger partial charge in [-0.25, -0.2) is 4.79 Å². The molecule has 0 aromatic heterocycles. The minimum Gasteiger partial charge on any atom is -0.479 e. The highest BCUT2D eigenvalue weighted by molar-refractivity contribution is 6.77. The summed E-state index contributed by atoms with van der Waals surface area (Å²) in [7, 11) is -1.72. The molecule has 0 spiro atoms. The van der Waals surface area contributed by atoms with E-state index in [4.69, 9.17) is 8.85 Å². The highest BCUT2D eigenvalue weighted by Gasteiger charge is 2.47. The van der Waals surface area contributed by atoms with Crippen LogP contribution in [-0.4, -0.2) is 54.0 Å². The summed E-state index contributed by atoms with van der Waals surface area (Å²) in [4.78, 5) is 11.9. The lowest BCUT2D eigenvalue weighted by molar-refractivity contribution is -0.145. The van der Waals surface area contributed by atoms with Gasteiger partial charge >= 0.3 is 5.97 Å². The molecule has 0 aromatic rings. The van der Waals surface area contributed by atoms with Gasteiger partial charge < -0.3 is 19.3 Å². The lowest BCUT2D eigenvalue weighted by Gasteiger charge is -2.43. The summed E-state index contributed by atoms with van der Waals surface area (Å²) in [6.45, 7) is 19.0. The molecule has 186 valence electrons. The number of rotatable bonds is 19. The minimum absolute atomic E-state index is 0.386. The second kappa shape index (κ2) is 15.6. The molecular formula is C24H53NO4Si2. The van der Waals surface area contributed by atoms with Gasteiger partial charge in [-0.2, -0.15) is 0 Å². The molecule has 0 rings (SSSR count). The Kier molecular flexibility index (Phi) is 15.5. The van der Waals surface area contributed by atoms with E-state index in [1.54, 1.807) is 0 Å². The second-order valence-electron chi connectivity index (χ2n) is 10.7. The normalized spacial score (nSPS) is 14.1. The summed E-state index contributed by atoms with van der Waals surface area (Å²) < 4.78 is 12.1. The van der Waals surface area contributed by atoms with Crippen LogP contribution in [0.4, 0.5) is 0 Å². The Morgan fingerprint density at radius 2 is 1.29 bits per heavy atom. The monoisotopic (exact) mass is 475 g/mol. The van der Waals surface area contributed by atoms with E-state index in [-0.39, 0.29) is 0 Å². The van der Waals surface area contributed by atoms with Crippen molar-refractivity contribution in [3.05, 3.63) is 0 Å². The molecule has 0 radical (unpaired) electrons. The van der Waals surface area contributed by atoms with Crippen molar-refractivity contribution in [3.63, 3.8) is 0 Å². The fraction of sp³-hybridized carbons (Fsp3) is 0.958. The first-order valence-electron chi connectivity index (χ1n) is 12.6. The average Bonchev–Trinajstić information content (AvgIpc) is 2.67. The molecule has 0 fully saturated rings. The SMILES string of the molecule is CO[Si](C)(C)CCCCCCCCCNCC(O[Si](C(C)C)(C(C)C)C(C)C)C(=O)O. The molecule has 0 heterocycles. The van der Waals surface area contributed by atoms with Gasteiger partial charge in [0.1, 0.15) is 0 Å². The molecule has 1 atom stereocenters. The Bertz CT molecular complexity index is 462. The lowest BCUT2D eigenvalue weighted by Crippen LogP contribution is -2.53. The Morgan fingerprint density at radius 1 is 0.839 bits per heavy atom. The molecule has 0 aliphatic heterocycles. The lowest BCUT2D eigenvalue weighted by atomic mass is 10.1. The molecule has 2 N–H and O–H groups in total. The molecule has 0 saturated carbocycles. The number of hydrogen-bond donors (Lipinski definition) is 2. The molecule has 0 bridgehead atoms. The number of aliphatic carboxylic acids is 1. The molecule has 7 heteroatoms. The van der Waals surface area contributed by atoms with Gasteiger partial charge in [-0.15, -0.1) is 0 Å². The number of carboxylic acid groups (broad SMARTS) is 1. The predicted octanol–water partition coefficient (Wildman–Crippen LogP) is 6.80. The number of hydrogen-bond acceptors (Lipinski definition) is 4. The van der Waals surface area contributed by atoms with Crippen LogP contribution in [0, 0.1) is 0 Å². The van der Waals surface area contributed by atoms with Gasteiger partial charge in [-0.1, -0.05) is 80.1 Å². The maximum atomic E-state index is 11.9. The van der Waals surface area contributed by atoms with Crippen molar-refractivity contribution in [1.82, 2.24) is 5.32 Å². The van der Waals surface area contributed by atoms with Crippen molar-refractivity contribution in [2.24, 2.45) is 0 Å². The zero-order chi connectivity index (χ0) is 24.1. The van der Waals surface area contributed by atoms with Gasteiger partial charge in [0.05, 0.1) is 0 Å². The molecule has 0 amide bonds. The molecule has 0 saturated heterocycles. The predicted molar refractivity (Wildman–Crippen MR) is 138 cm³/mol. The van der Waals surface area contributed by atoms with E-state index in [2.05, 4.69) is 60.0 Å². The fourth-order valence-corrected chi connectivity index (χ4v) is 11.7. The number of unbranched alkanes of at least 4 members (excludes halogenated alkanes) is 6. The van der Waals surface area contributed by atoms with E-state index in [1.807, 2.05) is 7.11 Å². The summed E-state index contributed by atoms with van der Waals surface area (Å²) in [6, 6.07) is 1.26. The second-order valence-corrected chi connectivity index (χ2v) is 20.5. The smallest absolute Gasteiger partial charge is 0.332 e. The molecule has 0 aromatic carbocycles. The third-order valence-corrected chi connectivity index (χ3v) is 15.6. The van der Waals surface area contributed by atoms with E-state index < -0.39 is 28.7 Å². The van der Waals surface area contributed by atoms with Crippen LogP contribution in [0.5, 0.6) is 0 Å². The first-order chi connectivity index (χ1) is 14.4. The van der Waals surface area contributed by atoms with Gasteiger partial charge in [0.25, 0.3) is 0 Å². The van der Waals surface area contributed by atoms with Crippen molar-refractivity contribution in [2.45, 2.75) is 128 Å². The largest absolute Gasteiger partial charge is 0.479 e. The first kappa shape index (κ1) is 30.8. The zero-order valence-electron chi connectivity index (χ0n) is 22.1. The summed E-state index contributed by atoms with van der Waals surface area (Å²) in [6.07, 6.45) is 8.00. The highest BCUT2D eigenvalue weighted by atomic mass is 28.4. The molecule has 31 heavy (non-hydrogen) atoms. The Morgan fingerprint density at radius 3 is 1.71 bits per heavy atom. The highest BCUT2D eigenvalue weighted by Crippen LogP contribution is 2.42. The quantitative estimate of drug-likeness (QED) is 0.159. The third kappa shape index (κ3) is 11.5. The van der Waals surface area contributed by atoms with Crippen LogP contribution in [0.1, 0.15) is 86.5 Å². The minimum atomic E-state index is -2.19. The van der Waals surface area contributed by atoms with Crippen LogP contribution < -0.4 is 5.32 Å². The van der Waals surface area contributed by atoms with E-state index in [0.717, 1.165) is 13.0 Å². The van der Waals surface area contributed by atoms with Crippen LogP contribution in [0.25, 0.3) is 0 Å². The maximum absolute atomic E-state index is 11.9. The van der Waals surface area contributed by atoms with Gasteiger partial charge in [0, 0.05) is 13.7 Å². The zero-order valence-corrected chi connectivity index (χ0v) is 24.1. The topological polar surface area (TPSA) is 67.8 Å². The van der Waals surface area contributed by atoms with Crippen LogP contribution >= 0.6 is 0 Å². The van der Waals surface area contributed by atoms with Gasteiger partial charge in [0.2, 0.25) is 8.32 Å². The van der Waals surface area contributed by atoms with Crippen LogP contribution in [0.15, 0.2) is 0 Å². The Hall–Kier alpha value is -0.216. The van der Waals surface area contributed by atoms with Crippen LogP contribution in [-0.2, 0) is 13.6 Å². The first-order valence-corrected chi connectivity index (χ1v) is 17.8. The molecule has 0 aliphatic carbocycles. The van der Waals surface area contributed by atoms with E-state index in [1.165, 1.54) is 44.6 Å². The van der Waals surface area contributed by atoms with Crippen LogP contribution in [0.2, 0.25) is 35.8 Å². The number of carbonyl (C=O) groups is 1. The van der Waals surface area contributed by atoms with Gasteiger partial charge in [0.15, 0.2) is 14.4 Å². The van der Waals surface area contributed by atoms with E-state index in [9.17, 15) is 9.90 Å². The van der Waals surface area contributed by atoms with E-state index in [0.29, 0.717) is 23.2 Å². The Balaban J connectivity index is 4.18. The standard InChI is InChI=1S/C24H53NO4Si2/c1-20(2)31(21(3)4,22(5)6)29-23(24(26)27)19-25-17-15-13-11-10-12-14-16-18-30(8,9)28-7/h20-23,25H,10-19H2,1-9H3,(H,26,27). The maximum Gasteiger partial charge on any atom is 0.332 e. The van der Waals surface area contributed by atoms with Crippen molar-refractivity contribution < 1.29 is 18.8 Å². The van der Waals surface area contributed by atoms with Gasteiger partial charge in [-0.05, 0) is 48.7 Å². The van der Waals surface area contributed by atoms with Crippen molar-refractivity contribution >= 4 is 22.6 Å². The summed E-state index contributed by atoms with van der Waals surface area (Å²) in [5, 5.41) is 13.1. The van der Waals surface area contributed by atoms with Gasteiger partial charge in [-0.3, -0.25) is 0 Å². The van der Waals surface area contributed by atoms with Crippen molar-refractivity contribution in [2.75, 3.05) is 20.2 Å². The van der Waals surface area contributed by atoms with E-state index >= 15 is 0 Å². The molecular weight excluding hydrogens is 422 g/mol. The summed E-state index contributed by atoms with van der Waals surface area (Å²) in [5.74, 6) is -0.842. The molecule has 1 unspecified atom stereocenters. The molecule has 0 aliphatic rings. The summed E-state index contributed by atoms with van der Waals surface area (Å²) in [5.41, 5.74) is 1.16. The number of carboxylic acids is 1. The van der Waals surface area contributed by atoms with Crippen molar-refractivity contribution in [1.29, 1.82) is 0 Å².